The SMILES string of the molecule is Nc1nc(N)c(NC(=O)Nc2ccc(C(=O)N[C@@H](CCc3nn[nH]n3)C(=O)O)cc2Cl)c(=O)[nH]1. The van der Waals surface area contributed by atoms with E-state index in [2.05, 4.69) is 46.5 Å². The van der Waals surface area contributed by atoms with Crippen molar-refractivity contribution in [3.63, 3.8) is 0 Å². The molecule has 3 rings (SSSR count). The fraction of sp³-hybridized carbons (Fsp3) is 0.176. The summed E-state index contributed by atoms with van der Waals surface area (Å²) in [6, 6.07) is 1.79. The summed E-state index contributed by atoms with van der Waals surface area (Å²) in [4.78, 5) is 53.9. The number of carbonyl (C=O) groups excluding carboxylic acids is 2. The fourth-order valence-corrected chi connectivity index (χ4v) is 2.94. The van der Waals surface area contributed by atoms with Crippen LogP contribution < -0.4 is 33.0 Å². The van der Waals surface area contributed by atoms with Crippen LogP contribution in [0.5, 0.6) is 0 Å². The zero-order valence-corrected chi connectivity index (χ0v) is 17.9. The number of nitrogens with two attached hydrogens (primary N) is 2. The number of carboxylic acid groups (broad SMARTS) is 1. The number of nitrogen functional groups attached to an aromatic ring is 2. The normalized spacial score (nSPS) is 11.4. The third kappa shape index (κ3) is 5.94. The van der Waals surface area contributed by atoms with Gasteiger partial charge in [0.15, 0.2) is 17.3 Å². The number of anilines is 4. The number of urea groups is 1. The molecule has 0 spiro atoms. The maximum absolute atomic E-state index is 12.5. The molecule has 10 N–H and O–H groups in total. The molecule has 0 aliphatic rings. The van der Waals surface area contributed by atoms with E-state index >= 15 is 0 Å². The number of nitrogens with zero attached hydrogens (tertiary/aromatic N) is 4. The Labute approximate surface area is 194 Å². The standard InChI is InChI=1S/C17H18ClN11O5/c18-7-5-6(13(30)21-9(15(32)33)3-4-10-26-28-29-27-10)1-2-8(7)22-17(34)23-11-12(19)24-16(20)25-14(11)31/h1-2,5,9H,3-4H2,(H,21,30)(H,32,33)(H2,22,23,34)(H,26,27,28,29)(H5,19,20,24,25,31)/t9-/m0/s1. The number of hydrogen-bond donors (Lipinski definition) is 8. The van der Waals surface area contributed by atoms with Gasteiger partial charge in [-0.25, -0.2) is 9.59 Å². The van der Waals surface area contributed by atoms with Gasteiger partial charge in [-0.3, -0.25) is 19.9 Å². The number of tetrazole rings is 1. The summed E-state index contributed by atoms with van der Waals surface area (Å²) < 4.78 is 0. The van der Waals surface area contributed by atoms with Crippen LogP contribution in [0.3, 0.4) is 0 Å². The quantitative estimate of drug-likeness (QED) is 0.200. The van der Waals surface area contributed by atoms with Crippen LogP contribution in [0.15, 0.2) is 23.0 Å². The summed E-state index contributed by atoms with van der Waals surface area (Å²) in [5.74, 6) is -2.15. The molecule has 0 saturated carbocycles. The Hall–Kier alpha value is -4.73. The van der Waals surface area contributed by atoms with Crippen molar-refractivity contribution in [3.8, 4) is 0 Å². The number of nitrogens with one attached hydrogen (secondary N) is 5. The van der Waals surface area contributed by atoms with Gasteiger partial charge < -0.3 is 27.2 Å². The number of aliphatic carboxylic acids is 1. The number of rotatable bonds is 8. The second-order valence-electron chi connectivity index (χ2n) is 6.72. The zero-order valence-electron chi connectivity index (χ0n) is 17.1. The molecule has 0 unspecified atom stereocenters. The van der Waals surface area contributed by atoms with Gasteiger partial charge in [0.2, 0.25) is 5.95 Å². The minimum atomic E-state index is -1.25. The van der Waals surface area contributed by atoms with Crippen LogP contribution in [0, 0.1) is 0 Å². The number of aromatic nitrogens is 6. The molecule has 0 aliphatic heterocycles. The average Bonchev–Trinajstić information content (AvgIpc) is 3.28. The first-order valence-electron chi connectivity index (χ1n) is 9.43. The number of benzene rings is 1. The van der Waals surface area contributed by atoms with Gasteiger partial charge in [0.1, 0.15) is 6.04 Å². The number of carboxylic acids is 1. The fourth-order valence-electron chi connectivity index (χ4n) is 2.72. The van der Waals surface area contributed by atoms with Crippen LogP contribution >= 0.6 is 11.6 Å². The van der Waals surface area contributed by atoms with Crippen molar-refractivity contribution in [1.29, 1.82) is 0 Å². The van der Waals surface area contributed by atoms with Gasteiger partial charge in [0.05, 0.1) is 10.7 Å². The van der Waals surface area contributed by atoms with Gasteiger partial charge >= 0.3 is 12.0 Å². The number of aryl methyl sites for hydroxylation is 1. The first-order valence-corrected chi connectivity index (χ1v) is 9.80. The second-order valence-corrected chi connectivity index (χ2v) is 7.12. The van der Waals surface area contributed by atoms with Gasteiger partial charge in [-0.05, 0) is 24.6 Å². The third-order valence-corrected chi connectivity index (χ3v) is 4.65. The molecule has 3 aromatic rings. The van der Waals surface area contributed by atoms with E-state index in [4.69, 9.17) is 23.1 Å². The molecule has 16 nitrogen and oxygen atoms in total. The lowest BCUT2D eigenvalue weighted by atomic mass is 10.1. The Morgan fingerprint density at radius 1 is 1.21 bits per heavy atom. The van der Waals surface area contributed by atoms with Crippen molar-refractivity contribution in [2.45, 2.75) is 18.9 Å². The molecular weight excluding hydrogens is 474 g/mol. The summed E-state index contributed by atoms with van der Waals surface area (Å²) in [6.45, 7) is 0. The number of aromatic amines is 2. The highest BCUT2D eigenvalue weighted by Crippen LogP contribution is 2.23. The van der Waals surface area contributed by atoms with Gasteiger partial charge in [-0.1, -0.05) is 16.8 Å². The van der Waals surface area contributed by atoms with Crippen LogP contribution in [-0.2, 0) is 11.2 Å². The summed E-state index contributed by atoms with van der Waals surface area (Å²) in [5, 5.41) is 29.4. The van der Waals surface area contributed by atoms with Crippen LogP contribution in [0.25, 0.3) is 0 Å². The average molecular weight is 492 g/mol. The summed E-state index contributed by atoms with van der Waals surface area (Å²) in [7, 11) is 0. The first-order chi connectivity index (χ1) is 16.1. The molecule has 34 heavy (non-hydrogen) atoms. The highest BCUT2D eigenvalue weighted by Gasteiger charge is 2.22. The molecule has 178 valence electrons. The predicted octanol–water partition coefficient (Wildman–Crippen LogP) is -0.439. The molecule has 17 heteroatoms. The Kier molecular flexibility index (Phi) is 7.22. The molecular formula is C17H18ClN11O5. The van der Waals surface area contributed by atoms with Gasteiger partial charge in [0.25, 0.3) is 11.5 Å². The molecule has 2 aromatic heterocycles. The maximum Gasteiger partial charge on any atom is 0.326 e. The van der Waals surface area contributed by atoms with Crippen LogP contribution in [0.1, 0.15) is 22.6 Å². The topological polar surface area (TPSA) is 260 Å². The van der Waals surface area contributed by atoms with Gasteiger partial charge in [-0.15, -0.1) is 10.2 Å². The highest BCUT2D eigenvalue weighted by molar-refractivity contribution is 6.34. The van der Waals surface area contributed by atoms with Crippen molar-refractivity contribution in [1.82, 2.24) is 35.9 Å². The van der Waals surface area contributed by atoms with Gasteiger partial charge in [0, 0.05) is 12.0 Å². The van der Waals surface area contributed by atoms with E-state index < -0.39 is 29.5 Å². The zero-order chi connectivity index (χ0) is 24.8. The summed E-state index contributed by atoms with van der Waals surface area (Å²) >= 11 is 6.14. The number of hydrogen-bond acceptors (Lipinski definition) is 10. The van der Waals surface area contributed by atoms with E-state index in [0.29, 0.717) is 5.82 Å². The predicted molar refractivity (Wildman–Crippen MR) is 119 cm³/mol. The number of halogens is 1. The monoisotopic (exact) mass is 491 g/mol. The first kappa shape index (κ1) is 23.9. The largest absolute Gasteiger partial charge is 0.480 e. The van der Waals surface area contributed by atoms with Crippen molar-refractivity contribution >= 4 is 52.6 Å². The molecule has 1 atom stereocenters. The van der Waals surface area contributed by atoms with Crippen molar-refractivity contribution in [2.24, 2.45) is 0 Å². The minimum Gasteiger partial charge on any atom is -0.480 e. The lowest BCUT2D eigenvalue weighted by Gasteiger charge is -2.15. The van der Waals surface area contributed by atoms with E-state index in [-0.39, 0.29) is 46.6 Å². The van der Waals surface area contributed by atoms with Crippen molar-refractivity contribution in [3.05, 3.63) is 45.0 Å². The van der Waals surface area contributed by atoms with E-state index in [0.717, 1.165) is 0 Å². The third-order valence-electron chi connectivity index (χ3n) is 4.33. The molecule has 0 saturated heterocycles. The molecule has 0 radical (unpaired) electrons. The van der Waals surface area contributed by atoms with Crippen molar-refractivity contribution < 1.29 is 19.5 Å². The Balaban J connectivity index is 1.64. The lowest BCUT2D eigenvalue weighted by molar-refractivity contribution is -0.139. The molecule has 2 heterocycles. The van der Waals surface area contributed by atoms with E-state index in [9.17, 15) is 24.3 Å². The Bertz CT molecular complexity index is 1280. The van der Waals surface area contributed by atoms with E-state index in [1.807, 2.05) is 0 Å². The molecule has 0 aliphatic carbocycles. The summed E-state index contributed by atoms with van der Waals surface area (Å²) in [5.41, 5.74) is 10.0. The molecule has 3 amide bonds. The maximum atomic E-state index is 12.5. The lowest BCUT2D eigenvalue weighted by Crippen LogP contribution is -2.41. The number of carbonyl (C=O) groups is 3. The van der Waals surface area contributed by atoms with Crippen LogP contribution in [0.2, 0.25) is 5.02 Å². The Morgan fingerprint density at radius 2 is 1.97 bits per heavy atom. The molecule has 1 aromatic carbocycles. The van der Waals surface area contributed by atoms with E-state index in [1.54, 1.807) is 0 Å². The molecule has 0 bridgehead atoms. The van der Waals surface area contributed by atoms with Crippen LogP contribution in [-0.4, -0.2) is 59.6 Å². The molecule has 0 fully saturated rings. The number of amides is 3. The summed E-state index contributed by atoms with van der Waals surface area (Å²) in [6.07, 6.45) is 0.194. The van der Waals surface area contributed by atoms with E-state index in [1.165, 1.54) is 18.2 Å². The van der Waals surface area contributed by atoms with Crippen LogP contribution in [0.4, 0.5) is 27.9 Å². The van der Waals surface area contributed by atoms with Crippen molar-refractivity contribution in [2.75, 3.05) is 22.1 Å². The minimum absolute atomic E-state index is 0.0242. The highest BCUT2D eigenvalue weighted by atomic mass is 35.5. The number of H-pyrrole nitrogens is 2. The Morgan fingerprint density at radius 3 is 2.59 bits per heavy atom. The smallest absolute Gasteiger partial charge is 0.326 e. The second kappa shape index (κ2) is 10.3. The van der Waals surface area contributed by atoms with Gasteiger partial charge in [-0.2, -0.15) is 10.2 Å².